The monoisotopic (exact) mass is 319 g/mol. The second-order valence-electron chi connectivity index (χ2n) is 5.72. The van der Waals surface area contributed by atoms with Crippen LogP contribution in [0, 0.1) is 12.7 Å². The van der Waals surface area contributed by atoms with Crippen LogP contribution < -0.4 is 5.32 Å². The van der Waals surface area contributed by atoms with Crippen LogP contribution in [0.25, 0.3) is 5.69 Å². The molecule has 0 aliphatic heterocycles. The number of amides is 1. The van der Waals surface area contributed by atoms with Crippen molar-refractivity contribution >= 4 is 5.91 Å². The van der Waals surface area contributed by atoms with E-state index in [4.69, 9.17) is 4.74 Å². The summed E-state index contributed by atoms with van der Waals surface area (Å²) in [5, 5.41) is 7.22. The van der Waals surface area contributed by atoms with Gasteiger partial charge in [-0.1, -0.05) is 0 Å². The van der Waals surface area contributed by atoms with Crippen LogP contribution in [-0.2, 0) is 9.53 Å². The van der Waals surface area contributed by atoms with Crippen LogP contribution in [0.3, 0.4) is 0 Å². The fourth-order valence-electron chi connectivity index (χ4n) is 2.29. The summed E-state index contributed by atoms with van der Waals surface area (Å²) in [6.07, 6.45) is 1.73. The third kappa shape index (κ3) is 4.39. The van der Waals surface area contributed by atoms with Crippen molar-refractivity contribution in [2.24, 2.45) is 0 Å². The third-order valence-electron chi connectivity index (χ3n) is 3.51. The molecule has 5 nitrogen and oxygen atoms in total. The maximum absolute atomic E-state index is 13.0. The Kier molecular flexibility index (Phi) is 5.50. The molecule has 0 saturated carbocycles. The van der Waals surface area contributed by atoms with E-state index in [1.807, 2.05) is 27.7 Å². The Bertz CT molecular complexity index is 665. The average Bonchev–Trinajstić information content (AvgIpc) is 2.88. The fraction of sp³-hybridized carbons (Fsp3) is 0.412. The van der Waals surface area contributed by atoms with Crippen LogP contribution in [0.2, 0.25) is 0 Å². The van der Waals surface area contributed by atoms with Gasteiger partial charge in [-0.3, -0.25) is 4.79 Å². The van der Waals surface area contributed by atoms with Gasteiger partial charge in [-0.25, -0.2) is 9.07 Å². The van der Waals surface area contributed by atoms with Gasteiger partial charge in [0.25, 0.3) is 0 Å². The van der Waals surface area contributed by atoms with E-state index >= 15 is 0 Å². The SMILES string of the molecule is Cc1c([C@H](C)NC(=O)COC(C)C)cnn1-c1ccc(F)cc1. The summed E-state index contributed by atoms with van der Waals surface area (Å²) in [6.45, 7) is 7.61. The number of halogens is 1. The van der Waals surface area contributed by atoms with Crippen molar-refractivity contribution < 1.29 is 13.9 Å². The number of hydrogen-bond acceptors (Lipinski definition) is 3. The Morgan fingerprint density at radius 2 is 1.96 bits per heavy atom. The lowest BCUT2D eigenvalue weighted by Crippen LogP contribution is -2.31. The van der Waals surface area contributed by atoms with Gasteiger partial charge in [-0.05, 0) is 52.0 Å². The average molecular weight is 319 g/mol. The van der Waals surface area contributed by atoms with Gasteiger partial charge in [-0.15, -0.1) is 0 Å². The Hall–Kier alpha value is -2.21. The van der Waals surface area contributed by atoms with E-state index in [-0.39, 0.29) is 30.5 Å². The Balaban J connectivity index is 2.09. The first kappa shape index (κ1) is 17.1. The van der Waals surface area contributed by atoms with Gasteiger partial charge in [0.15, 0.2) is 0 Å². The molecule has 1 atom stereocenters. The normalized spacial score (nSPS) is 12.4. The molecule has 2 aromatic rings. The largest absolute Gasteiger partial charge is 0.369 e. The molecule has 2 rings (SSSR count). The molecule has 0 saturated heterocycles. The molecule has 1 aromatic carbocycles. The zero-order valence-corrected chi connectivity index (χ0v) is 13.8. The minimum Gasteiger partial charge on any atom is -0.369 e. The number of aromatic nitrogens is 2. The number of nitrogens with zero attached hydrogens (tertiary/aromatic N) is 2. The van der Waals surface area contributed by atoms with E-state index in [2.05, 4.69) is 10.4 Å². The van der Waals surface area contributed by atoms with Crippen molar-refractivity contribution in [2.75, 3.05) is 6.61 Å². The molecule has 0 unspecified atom stereocenters. The zero-order chi connectivity index (χ0) is 17.0. The standard InChI is InChI=1S/C17H22FN3O2/c1-11(2)23-10-17(22)20-12(3)16-9-19-21(13(16)4)15-7-5-14(18)6-8-15/h5-9,11-12H,10H2,1-4H3,(H,20,22)/t12-/m0/s1. The molecule has 0 bridgehead atoms. The summed E-state index contributed by atoms with van der Waals surface area (Å²) in [5.74, 6) is -0.454. The molecule has 1 aromatic heterocycles. The highest BCUT2D eigenvalue weighted by molar-refractivity contribution is 5.77. The predicted octanol–water partition coefficient (Wildman–Crippen LogP) is 2.92. The van der Waals surface area contributed by atoms with Gasteiger partial charge in [0, 0.05) is 11.3 Å². The molecule has 1 amide bonds. The van der Waals surface area contributed by atoms with Crippen LogP contribution in [0.4, 0.5) is 4.39 Å². The minimum absolute atomic E-state index is 0.0130. The van der Waals surface area contributed by atoms with Crippen LogP contribution >= 0.6 is 0 Å². The molecule has 1 N–H and O–H groups in total. The van der Waals surface area contributed by atoms with Gasteiger partial charge < -0.3 is 10.1 Å². The zero-order valence-electron chi connectivity index (χ0n) is 13.8. The van der Waals surface area contributed by atoms with E-state index in [0.717, 1.165) is 16.9 Å². The number of carbonyl (C=O) groups excluding carboxylic acids is 1. The molecule has 0 radical (unpaired) electrons. The summed E-state index contributed by atoms with van der Waals surface area (Å²) >= 11 is 0. The highest BCUT2D eigenvalue weighted by Gasteiger charge is 2.16. The van der Waals surface area contributed by atoms with E-state index < -0.39 is 0 Å². The van der Waals surface area contributed by atoms with Gasteiger partial charge in [-0.2, -0.15) is 5.10 Å². The second kappa shape index (κ2) is 7.37. The molecular weight excluding hydrogens is 297 g/mol. The summed E-state index contributed by atoms with van der Waals surface area (Å²) in [4.78, 5) is 11.9. The Labute approximate surface area is 135 Å². The molecule has 124 valence electrons. The lowest BCUT2D eigenvalue weighted by Gasteiger charge is -2.15. The van der Waals surface area contributed by atoms with Crippen molar-refractivity contribution in [1.29, 1.82) is 0 Å². The van der Waals surface area contributed by atoms with Crippen molar-refractivity contribution in [3.05, 3.63) is 47.5 Å². The first-order chi connectivity index (χ1) is 10.9. The van der Waals surface area contributed by atoms with E-state index in [1.165, 1.54) is 12.1 Å². The van der Waals surface area contributed by atoms with Gasteiger partial charge >= 0.3 is 0 Å². The lowest BCUT2D eigenvalue weighted by molar-refractivity contribution is -0.127. The molecule has 1 heterocycles. The van der Waals surface area contributed by atoms with Gasteiger partial charge in [0.2, 0.25) is 5.91 Å². The minimum atomic E-state index is -0.287. The number of rotatable bonds is 6. The number of nitrogens with one attached hydrogen (secondary N) is 1. The van der Waals surface area contributed by atoms with Crippen molar-refractivity contribution in [1.82, 2.24) is 15.1 Å². The third-order valence-corrected chi connectivity index (χ3v) is 3.51. The van der Waals surface area contributed by atoms with Crippen molar-refractivity contribution in [3.8, 4) is 5.69 Å². The summed E-state index contributed by atoms with van der Waals surface area (Å²) in [5.41, 5.74) is 2.58. The summed E-state index contributed by atoms with van der Waals surface area (Å²) in [6, 6.07) is 5.93. The van der Waals surface area contributed by atoms with E-state index in [1.54, 1.807) is 23.0 Å². The Morgan fingerprint density at radius 1 is 1.30 bits per heavy atom. The predicted molar refractivity (Wildman–Crippen MR) is 85.9 cm³/mol. The maximum atomic E-state index is 13.0. The van der Waals surface area contributed by atoms with Crippen molar-refractivity contribution in [2.45, 2.75) is 39.8 Å². The van der Waals surface area contributed by atoms with Crippen molar-refractivity contribution in [3.63, 3.8) is 0 Å². The van der Waals surface area contributed by atoms with Crippen LogP contribution in [0.15, 0.2) is 30.5 Å². The van der Waals surface area contributed by atoms with Gasteiger partial charge in [0.1, 0.15) is 12.4 Å². The molecule has 23 heavy (non-hydrogen) atoms. The topological polar surface area (TPSA) is 56.1 Å². The first-order valence-electron chi connectivity index (χ1n) is 7.60. The lowest BCUT2D eigenvalue weighted by atomic mass is 10.1. The smallest absolute Gasteiger partial charge is 0.246 e. The molecular formula is C17H22FN3O2. The molecule has 0 aliphatic rings. The fourth-order valence-corrected chi connectivity index (χ4v) is 2.29. The quantitative estimate of drug-likeness (QED) is 0.890. The number of carbonyl (C=O) groups is 1. The number of benzene rings is 1. The molecule has 0 fully saturated rings. The molecule has 0 spiro atoms. The first-order valence-corrected chi connectivity index (χ1v) is 7.60. The summed E-state index contributed by atoms with van der Waals surface area (Å²) in [7, 11) is 0. The second-order valence-corrected chi connectivity index (χ2v) is 5.72. The van der Waals surface area contributed by atoms with Crippen LogP contribution in [0.5, 0.6) is 0 Å². The highest BCUT2D eigenvalue weighted by Crippen LogP contribution is 2.20. The van der Waals surface area contributed by atoms with Crippen LogP contribution in [-0.4, -0.2) is 28.4 Å². The summed E-state index contributed by atoms with van der Waals surface area (Å²) < 4.78 is 20.0. The van der Waals surface area contributed by atoms with Crippen LogP contribution in [0.1, 0.15) is 38.1 Å². The van der Waals surface area contributed by atoms with E-state index in [0.29, 0.717) is 0 Å². The molecule has 0 aliphatic carbocycles. The number of hydrogen-bond donors (Lipinski definition) is 1. The molecule has 6 heteroatoms. The van der Waals surface area contributed by atoms with E-state index in [9.17, 15) is 9.18 Å². The highest BCUT2D eigenvalue weighted by atomic mass is 19.1. The van der Waals surface area contributed by atoms with Gasteiger partial charge in [0.05, 0.1) is 24.0 Å². The number of ether oxygens (including phenoxy) is 1. The maximum Gasteiger partial charge on any atom is 0.246 e. The Morgan fingerprint density at radius 3 is 2.57 bits per heavy atom.